The molecule has 2 aromatic rings. The second-order valence-electron chi connectivity index (χ2n) is 11.5. The fourth-order valence-corrected chi connectivity index (χ4v) is 4.32. The number of ether oxygens (including phenoxy) is 3. The minimum absolute atomic E-state index is 0.0134. The molecule has 0 saturated heterocycles. The maximum absolute atomic E-state index is 12.7. The maximum atomic E-state index is 12.7. The van der Waals surface area contributed by atoms with Crippen LogP contribution in [0.3, 0.4) is 0 Å². The first-order chi connectivity index (χ1) is 18.2. The molecule has 2 N–H and O–H groups in total. The van der Waals surface area contributed by atoms with E-state index in [4.69, 9.17) is 14.2 Å². The molecule has 2 amide bonds. The Morgan fingerprint density at radius 1 is 0.821 bits per heavy atom. The van der Waals surface area contributed by atoms with Gasteiger partial charge in [0.2, 0.25) is 5.91 Å². The third-order valence-corrected chi connectivity index (χ3v) is 5.82. The van der Waals surface area contributed by atoms with Gasteiger partial charge >= 0.3 is 18.0 Å². The van der Waals surface area contributed by atoms with E-state index in [1.807, 2.05) is 48.5 Å². The molecule has 0 bridgehead atoms. The minimum Gasteiger partial charge on any atom is -0.460 e. The topological polar surface area (TPSA) is 120 Å². The van der Waals surface area contributed by atoms with Crippen LogP contribution in [0.2, 0.25) is 0 Å². The Bertz CT molecular complexity index is 1160. The SMILES string of the molecule is CC(C)(C)OC(=O)CCC(NC(=O)CNC(=O)OCC1c2ccccc2-c2ccccc21)C(=O)OC(C)(C)C. The highest BCUT2D eigenvalue weighted by Crippen LogP contribution is 2.44. The van der Waals surface area contributed by atoms with Gasteiger partial charge in [-0.25, -0.2) is 9.59 Å². The Hall–Kier alpha value is -3.88. The molecule has 1 atom stereocenters. The summed E-state index contributed by atoms with van der Waals surface area (Å²) in [6.45, 7) is 10.0. The molecule has 3 rings (SSSR count). The van der Waals surface area contributed by atoms with Crippen molar-refractivity contribution in [2.75, 3.05) is 13.2 Å². The van der Waals surface area contributed by atoms with Crippen LogP contribution in [0.25, 0.3) is 11.1 Å². The highest BCUT2D eigenvalue weighted by atomic mass is 16.6. The molecule has 0 saturated carbocycles. The van der Waals surface area contributed by atoms with E-state index < -0.39 is 47.7 Å². The Morgan fingerprint density at radius 3 is 1.90 bits per heavy atom. The van der Waals surface area contributed by atoms with Gasteiger partial charge in [-0.05, 0) is 70.2 Å². The molecule has 2 aromatic carbocycles. The number of carbonyl (C=O) groups excluding carboxylic acids is 4. The first-order valence-corrected chi connectivity index (χ1v) is 13.1. The summed E-state index contributed by atoms with van der Waals surface area (Å²) in [4.78, 5) is 49.8. The highest BCUT2D eigenvalue weighted by molar-refractivity contribution is 5.87. The number of nitrogens with one attached hydrogen (secondary N) is 2. The summed E-state index contributed by atoms with van der Waals surface area (Å²) >= 11 is 0. The molecule has 0 fully saturated rings. The lowest BCUT2D eigenvalue weighted by atomic mass is 9.98. The van der Waals surface area contributed by atoms with E-state index in [0.29, 0.717) is 0 Å². The average Bonchev–Trinajstić information content (AvgIpc) is 3.15. The van der Waals surface area contributed by atoms with Gasteiger partial charge in [0.25, 0.3) is 0 Å². The normalized spacial score (nSPS) is 13.5. The summed E-state index contributed by atoms with van der Waals surface area (Å²) in [5.74, 6) is -1.91. The van der Waals surface area contributed by atoms with Crippen molar-refractivity contribution >= 4 is 23.9 Å². The van der Waals surface area contributed by atoms with Gasteiger partial charge in [-0.2, -0.15) is 0 Å². The van der Waals surface area contributed by atoms with Crippen LogP contribution in [0.15, 0.2) is 48.5 Å². The fraction of sp³-hybridized carbons (Fsp3) is 0.467. The van der Waals surface area contributed by atoms with Crippen molar-refractivity contribution in [2.45, 2.75) is 77.5 Å². The molecule has 0 radical (unpaired) electrons. The molecule has 39 heavy (non-hydrogen) atoms. The largest absolute Gasteiger partial charge is 0.460 e. The first kappa shape index (κ1) is 29.7. The van der Waals surface area contributed by atoms with Gasteiger partial charge in [0, 0.05) is 12.3 Å². The zero-order chi connectivity index (χ0) is 28.8. The molecule has 9 heteroatoms. The van der Waals surface area contributed by atoms with Crippen LogP contribution in [0.5, 0.6) is 0 Å². The molecule has 0 aliphatic heterocycles. The second kappa shape index (κ2) is 12.3. The zero-order valence-corrected chi connectivity index (χ0v) is 23.5. The van der Waals surface area contributed by atoms with Gasteiger partial charge in [-0.1, -0.05) is 48.5 Å². The lowest BCUT2D eigenvalue weighted by molar-refractivity contribution is -0.160. The molecule has 0 heterocycles. The van der Waals surface area contributed by atoms with Gasteiger partial charge in [0.05, 0.1) is 0 Å². The third-order valence-electron chi connectivity index (χ3n) is 5.82. The molecule has 1 aliphatic rings. The monoisotopic (exact) mass is 538 g/mol. The smallest absolute Gasteiger partial charge is 0.407 e. The minimum atomic E-state index is -1.09. The number of fused-ring (bicyclic) bond motifs is 3. The molecular formula is C30H38N2O7. The van der Waals surface area contributed by atoms with Gasteiger partial charge in [-0.3, -0.25) is 9.59 Å². The Balaban J connectivity index is 1.53. The summed E-state index contributed by atoms with van der Waals surface area (Å²) in [7, 11) is 0. The highest BCUT2D eigenvalue weighted by Gasteiger charge is 2.30. The number of alkyl carbamates (subject to hydrolysis) is 1. The van der Waals surface area contributed by atoms with Gasteiger partial charge < -0.3 is 24.8 Å². The van der Waals surface area contributed by atoms with E-state index in [1.165, 1.54) is 0 Å². The van der Waals surface area contributed by atoms with Crippen LogP contribution in [0, 0.1) is 0 Å². The van der Waals surface area contributed by atoms with Crippen molar-refractivity contribution in [3.8, 4) is 11.1 Å². The summed E-state index contributed by atoms with van der Waals surface area (Å²) in [5, 5.41) is 4.97. The van der Waals surface area contributed by atoms with Crippen molar-refractivity contribution in [1.29, 1.82) is 0 Å². The van der Waals surface area contributed by atoms with Crippen LogP contribution >= 0.6 is 0 Å². The van der Waals surface area contributed by atoms with E-state index in [-0.39, 0.29) is 25.4 Å². The number of esters is 2. The quantitative estimate of drug-likeness (QED) is 0.357. The van der Waals surface area contributed by atoms with E-state index in [9.17, 15) is 19.2 Å². The van der Waals surface area contributed by atoms with E-state index >= 15 is 0 Å². The Kier molecular flexibility index (Phi) is 9.37. The first-order valence-electron chi connectivity index (χ1n) is 13.1. The molecule has 1 aliphatic carbocycles. The number of benzene rings is 2. The van der Waals surface area contributed by atoms with Crippen LogP contribution in [-0.2, 0) is 28.6 Å². The predicted octanol–water partition coefficient (Wildman–Crippen LogP) is 4.47. The fourth-order valence-electron chi connectivity index (χ4n) is 4.32. The molecular weight excluding hydrogens is 500 g/mol. The van der Waals surface area contributed by atoms with Gasteiger partial charge in [0.1, 0.15) is 30.4 Å². The van der Waals surface area contributed by atoms with E-state index in [2.05, 4.69) is 10.6 Å². The number of hydrogen-bond donors (Lipinski definition) is 2. The summed E-state index contributed by atoms with van der Waals surface area (Å²) in [6, 6.07) is 14.9. The Morgan fingerprint density at radius 2 is 1.36 bits per heavy atom. The summed E-state index contributed by atoms with van der Waals surface area (Å²) < 4.78 is 16.1. The zero-order valence-electron chi connectivity index (χ0n) is 23.5. The number of rotatable bonds is 9. The van der Waals surface area contributed by atoms with Crippen molar-refractivity contribution in [3.05, 3.63) is 59.7 Å². The van der Waals surface area contributed by atoms with Crippen LogP contribution in [0.1, 0.15) is 71.4 Å². The van der Waals surface area contributed by atoms with E-state index in [0.717, 1.165) is 22.3 Å². The van der Waals surface area contributed by atoms with E-state index in [1.54, 1.807) is 41.5 Å². The number of hydrogen-bond acceptors (Lipinski definition) is 7. The number of carbonyl (C=O) groups is 4. The molecule has 0 aromatic heterocycles. The van der Waals surface area contributed by atoms with Crippen LogP contribution in [-0.4, -0.2) is 54.3 Å². The third kappa shape index (κ3) is 8.84. The van der Waals surface area contributed by atoms with Crippen molar-refractivity contribution in [1.82, 2.24) is 10.6 Å². The summed E-state index contributed by atoms with van der Waals surface area (Å²) in [5.41, 5.74) is 2.92. The van der Waals surface area contributed by atoms with Crippen LogP contribution < -0.4 is 10.6 Å². The van der Waals surface area contributed by atoms with Crippen molar-refractivity contribution in [2.24, 2.45) is 0 Å². The molecule has 1 unspecified atom stereocenters. The van der Waals surface area contributed by atoms with Crippen molar-refractivity contribution in [3.63, 3.8) is 0 Å². The Labute approximate surface area is 229 Å². The maximum Gasteiger partial charge on any atom is 0.407 e. The average molecular weight is 539 g/mol. The molecule has 210 valence electrons. The van der Waals surface area contributed by atoms with Crippen molar-refractivity contribution < 1.29 is 33.4 Å². The second-order valence-corrected chi connectivity index (χ2v) is 11.5. The van der Waals surface area contributed by atoms with Gasteiger partial charge in [-0.15, -0.1) is 0 Å². The van der Waals surface area contributed by atoms with Gasteiger partial charge in [0.15, 0.2) is 0 Å². The predicted molar refractivity (Wildman–Crippen MR) is 146 cm³/mol. The lowest BCUT2D eigenvalue weighted by Crippen LogP contribution is -2.48. The summed E-state index contributed by atoms with van der Waals surface area (Å²) in [6.07, 6.45) is -0.864. The number of amides is 2. The standard InChI is InChI=1S/C30H38N2O7/c1-29(2,3)38-26(34)16-15-24(27(35)39-30(4,5)6)32-25(33)17-31-28(36)37-18-23-21-13-9-7-11-19(21)20-12-8-10-14-22(20)23/h7-14,23-24H,15-18H2,1-6H3,(H,31,36)(H,32,33). The lowest BCUT2D eigenvalue weighted by Gasteiger charge is -2.25. The molecule has 0 spiro atoms. The molecule has 9 nitrogen and oxygen atoms in total. The van der Waals surface area contributed by atoms with Crippen LogP contribution in [0.4, 0.5) is 4.79 Å².